The van der Waals surface area contributed by atoms with Crippen molar-refractivity contribution in [2.75, 3.05) is 14.2 Å². The molecule has 0 heterocycles. The summed E-state index contributed by atoms with van der Waals surface area (Å²) in [6, 6.07) is 0.995. The summed E-state index contributed by atoms with van der Waals surface area (Å²) < 4.78 is 9.99. The van der Waals surface area contributed by atoms with E-state index in [4.69, 9.17) is 14.6 Å². The van der Waals surface area contributed by atoms with Crippen molar-refractivity contribution < 1.29 is 29.1 Å². The second-order valence-corrected chi connectivity index (χ2v) is 4.71. The number of carboxylic acids is 1. The topological polar surface area (TPSA) is 128 Å². The normalized spacial score (nSPS) is 11.2. The first-order valence-corrected chi connectivity index (χ1v) is 6.90. The number of nitrogens with zero attached hydrogens (tertiary/aromatic N) is 1. The van der Waals surface area contributed by atoms with Gasteiger partial charge < -0.3 is 19.9 Å². The lowest BCUT2D eigenvalue weighted by Crippen LogP contribution is -2.40. The van der Waals surface area contributed by atoms with Crippen LogP contribution in [0, 0.1) is 10.1 Å². The maximum Gasteiger partial charge on any atom is 0.326 e. The highest BCUT2D eigenvalue weighted by Crippen LogP contribution is 2.34. The van der Waals surface area contributed by atoms with Gasteiger partial charge in [0, 0.05) is 6.07 Å². The van der Waals surface area contributed by atoms with E-state index in [1.54, 1.807) is 0 Å². The SMILES string of the molecule is C=CCCC(NC(=O)c1cc(OC)c(OC)cc1[N+](=O)[O-])C(=O)O. The van der Waals surface area contributed by atoms with Gasteiger partial charge in [-0.1, -0.05) is 6.08 Å². The minimum atomic E-state index is -1.24. The smallest absolute Gasteiger partial charge is 0.326 e. The molecule has 0 aliphatic carbocycles. The number of methoxy groups -OCH3 is 2. The number of carbonyl (C=O) groups excluding carboxylic acids is 1. The Hall–Kier alpha value is -3.10. The van der Waals surface area contributed by atoms with Gasteiger partial charge in [-0.05, 0) is 12.8 Å². The van der Waals surface area contributed by atoms with Crippen LogP contribution in [0.2, 0.25) is 0 Å². The molecule has 1 aromatic rings. The third-order valence-electron chi connectivity index (χ3n) is 3.21. The molecule has 0 spiro atoms. The summed E-state index contributed by atoms with van der Waals surface area (Å²) in [5, 5.41) is 22.6. The Morgan fingerprint density at radius 2 is 1.96 bits per heavy atom. The number of rotatable bonds is 9. The van der Waals surface area contributed by atoms with Crippen LogP contribution in [0.1, 0.15) is 23.2 Å². The van der Waals surface area contributed by atoms with Gasteiger partial charge in [0.2, 0.25) is 0 Å². The van der Waals surface area contributed by atoms with Crippen LogP contribution in [0.4, 0.5) is 5.69 Å². The summed E-state index contributed by atoms with van der Waals surface area (Å²) in [6.45, 7) is 3.48. The van der Waals surface area contributed by atoms with Crippen molar-refractivity contribution >= 4 is 17.6 Å². The molecule has 1 rings (SSSR count). The third-order valence-corrected chi connectivity index (χ3v) is 3.21. The van der Waals surface area contributed by atoms with Crippen LogP contribution >= 0.6 is 0 Å². The molecule has 0 saturated carbocycles. The lowest BCUT2D eigenvalue weighted by Gasteiger charge is -2.15. The van der Waals surface area contributed by atoms with Crippen LogP contribution in [-0.2, 0) is 4.79 Å². The number of hydrogen-bond donors (Lipinski definition) is 2. The fourth-order valence-corrected chi connectivity index (χ4v) is 1.98. The van der Waals surface area contributed by atoms with Crippen LogP contribution in [0.25, 0.3) is 0 Å². The van der Waals surface area contributed by atoms with Crippen molar-refractivity contribution in [1.29, 1.82) is 0 Å². The van der Waals surface area contributed by atoms with E-state index >= 15 is 0 Å². The molecule has 1 aromatic carbocycles. The molecule has 0 bridgehead atoms. The molecule has 1 atom stereocenters. The zero-order valence-electron chi connectivity index (χ0n) is 13.3. The Balaban J connectivity index is 3.22. The molecule has 0 aromatic heterocycles. The van der Waals surface area contributed by atoms with Gasteiger partial charge in [0.1, 0.15) is 11.6 Å². The number of carboxylic acid groups (broad SMARTS) is 1. The molecule has 0 aliphatic heterocycles. The zero-order chi connectivity index (χ0) is 18.3. The Morgan fingerprint density at radius 1 is 1.38 bits per heavy atom. The van der Waals surface area contributed by atoms with Crippen molar-refractivity contribution in [2.24, 2.45) is 0 Å². The summed E-state index contributed by atoms with van der Waals surface area (Å²) in [5.41, 5.74) is -0.833. The van der Waals surface area contributed by atoms with Crippen LogP contribution < -0.4 is 14.8 Å². The second-order valence-electron chi connectivity index (χ2n) is 4.71. The second kappa shape index (κ2) is 8.51. The molecule has 0 radical (unpaired) electrons. The quantitative estimate of drug-likeness (QED) is 0.399. The van der Waals surface area contributed by atoms with E-state index in [0.717, 1.165) is 12.1 Å². The number of nitro benzene ring substituents is 1. The van der Waals surface area contributed by atoms with E-state index in [1.807, 2.05) is 0 Å². The minimum absolute atomic E-state index is 0.0854. The molecule has 9 heteroatoms. The van der Waals surface area contributed by atoms with E-state index in [1.165, 1.54) is 20.3 Å². The van der Waals surface area contributed by atoms with Crippen molar-refractivity contribution in [2.45, 2.75) is 18.9 Å². The fourth-order valence-electron chi connectivity index (χ4n) is 1.98. The fraction of sp³-hybridized carbons (Fsp3) is 0.333. The van der Waals surface area contributed by atoms with Crippen LogP contribution in [-0.4, -0.2) is 42.2 Å². The monoisotopic (exact) mass is 338 g/mol. The number of benzene rings is 1. The van der Waals surface area contributed by atoms with E-state index in [9.17, 15) is 19.7 Å². The predicted octanol–water partition coefficient (Wildman–Crippen LogP) is 1.76. The molecule has 2 N–H and O–H groups in total. The lowest BCUT2D eigenvalue weighted by molar-refractivity contribution is -0.385. The predicted molar refractivity (Wildman–Crippen MR) is 84.5 cm³/mol. The summed E-state index contributed by atoms with van der Waals surface area (Å²) in [6.07, 6.45) is 2.00. The van der Waals surface area contributed by atoms with Gasteiger partial charge in [0.05, 0.1) is 25.2 Å². The molecule has 0 saturated heterocycles. The van der Waals surface area contributed by atoms with E-state index in [-0.39, 0.29) is 23.5 Å². The average Bonchev–Trinajstić information content (AvgIpc) is 2.56. The number of nitro groups is 1. The van der Waals surface area contributed by atoms with Gasteiger partial charge in [-0.15, -0.1) is 6.58 Å². The largest absolute Gasteiger partial charge is 0.493 e. The zero-order valence-corrected chi connectivity index (χ0v) is 13.3. The maximum absolute atomic E-state index is 12.3. The molecule has 130 valence electrons. The van der Waals surface area contributed by atoms with Gasteiger partial charge in [-0.2, -0.15) is 0 Å². The summed E-state index contributed by atoms with van der Waals surface area (Å²) in [4.78, 5) is 33.9. The van der Waals surface area contributed by atoms with Crippen LogP contribution in [0.15, 0.2) is 24.8 Å². The van der Waals surface area contributed by atoms with Gasteiger partial charge >= 0.3 is 5.97 Å². The van der Waals surface area contributed by atoms with E-state index in [0.29, 0.717) is 6.42 Å². The van der Waals surface area contributed by atoms with E-state index in [2.05, 4.69) is 11.9 Å². The molecule has 1 unspecified atom stereocenters. The van der Waals surface area contributed by atoms with Gasteiger partial charge in [-0.25, -0.2) is 4.79 Å². The number of carbonyl (C=O) groups is 2. The minimum Gasteiger partial charge on any atom is -0.493 e. The van der Waals surface area contributed by atoms with Crippen LogP contribution in [0.5, 0.6) is 11.5 Å². The first-order valence-electron chi connectivity index (χ1n) is 6.90. The number of nitrogens with one attached hydrogen (secondary N) is 1. The Morgan fingerprint density at radius 3 is 2.42 bits per heavy atom. The number of hydrogen-bond acceptors (Lipinski definition) is 6. The van der Waals surface area contributed by atoms with Gasteiger partial charge in [0.25, 0.3) is 11.6 Å². The highest BCUT2D eigenvalue weighted by atomic mass is 16.6. The van der Waals surface area contributed by atoms with Crippen molar-refractivity contribution in [3.63, 3.8) is 0 Å². The molecular formula is C15H18N2O7. The first-order chi connectivity index (χ1) is 11.3. The molecule has 0 aliphatic rings. The number of aliphatic carboxylic acids is 1. The van der Waals surface area contributed by atoms with Crippen molar-refractivity contribution in [1.82, 2.24) is 5.32 Å². The maximum atomic E-state index is 12.3. The van der Waals surface area contributed by atoms with Gasteiger partial charge in [-0.3, -0.25) is 14.9 Å². The number of allylic oxidation sites excluding steroid dienone is 1. The van der Waals surface area contributed by atoms with Crippen LogP contribution in [0.3, 0.4) is 0 Å². The highest BCUT2D eigenvalue weighted by Gasteiger charge is 2.27. The third kappa shape index (κ3) is 4.45. The Kier molecular flexibility index (Phi) is 6.72. The standard InChI is InChI=1S/C15H18N2O7/c1-4-5-6-10(15(19)20)16-14(18)9-7-12(23-2)13(24-3)8-11(9)17(21)22/h4,7-8,10H,1,5-6H2,2-3H3,(H,16,18)(H,19,20). The summed E-state index contributed by atoms with van der Waals surface area (Å²) >= 11 is 0. The lowest BCUT2D eigenvalue weighted by atomic mass is 10.1. The Labute approximate surface area is 138 Å². The highest BCUT2D eigenvalue weighted by molar-refractivity contribution is 6.00. The van der Waals surface area contributed by atoms with Crippen molar-refractivity contribution in [3.05, 3.63) is 40.5 Å². The number of amides is 1. The molecule has 24 heavy (non-hydrogen) atoms. The summed E-state index contributed by atoms with van der Waals surface area (Å²) in [7, 11) is 2.62. The molecule has 0 fully saturated rings. The average molecular weight is 338 g/mol. The molecular weight excluding hydrogens is 320 g/mol. The summed E-state index contributed by atoms with van der Waals surface area (Å²) in [5.74, 6) is -1.93. The number of ether oxygens (including phenoxy) is 2. The molecule has 9 nitrogen and oxygen atoms in total. The van der Waals surface area contributed by atoms with Crippen molar-refractivity contribution in [3.8, 4) is 11.5 Å². The Bertz CT molecular complexity index is 657. The molecule has 1 amide bonds. The van der Waals surface area contributed by atoms with Gasteiger partial charge in [0.15, 0.2) is 11.5 Å². The first kappa shape index (κ1) is 18.9. The van der Waals surface area contributed by atoms with E-state index < -0.39 is 28.5 Å².